The van der Waals surface area contributed by atoms with E-state index in [0.717, 1.165) is 4.90 Å². The Labute approximate surface area is 91.6 Å². The fourth-order valence-electron chi connectivity index (χ4n) is 1.70. The molecule has 90 valence electrons. The second-order valence-electron chi connectivity index (χ2n) is 3.49. The van der Waals surface area contributed by atoms with Crippen LogP contribution in [0.25, 0.3) is 0 Å². The summed E-state index contributed by atoms with van der Waals surface area (Å²) < 4.78 is 4.71. The number of carbonyl (C=O) groups is 3. The molecule has 2 N–H and O–H groups in total. The zero-order valence-electron chi connectivity index (χ0n) is 8.75. The molecule has 1 saturated heterocycles. The first-order valence-corrected chi connectivity index (χ1v) is 4.84. The molecule has 7 heteroatoms. The molecule has 0 aromatic heterocycles. The maximum atomic E-state index is 11.4. The SMILES string of the molecule is CCOC(=O)[C@H]1CN(C(=O)O)C[C@@H]1C(=O)O. The first-order chi connectivity index (χ1) is 7.47. The smallest absolute Gasteiger partial charge is 0.407 e. The number of hydrogen-bond donors (Lipinski definition) is 2. The molecule has 1 fully saturated rings. The summed E-state index contributed by atoms with van der Waals surface area (Å²) in [4.78, 5) is 33.9. The van der Waals surface area contributed by atoms with E-state index >= 15 is 0 Å². The van der Waals surface area contributed by atoms with Gasteiger partial charge in [0.25, 0.3) is 0 Å². The fourth-order valence-corrected chi connectivity index (χ4v) is 1.70. The van der Waals surface area contributed by atoms with Crippen LogP contribution in [0.4, 0.5) is 4.79 Å². The van der Waals surface area contributed by atoms with Crippen LogP contribution < -0.4 is 0 Å². The molecule has 1 rings (SSSR count). The zero-order chi connectivity index (χ0) is 12.3. The van der Waals surface area contributed by atoms with Gasteiger partial charge in [-0.2, -0.15) is 0 Å². The van der Waals surface area contributed by atoms with Gasteiger partial charge in [-0.1, -0.05) is 0 Å². The summed E-state index contributed by atoms with van der Waals surface area (Å²) in [6.07, 6.45) is -1.22. The Morgan fingerprint density at radius 1 is 1.25 bits per heavy atom. The van der Waals surface area contributed by atoms with Crippen LogP contribution in [0.15, 0.2) is 0 Å². The highest BCUT2D eigenvalue weighted by molar-refractivity contribution is 5.83. The summed E-state index contributed by atoms with van der Waals surface area (Å²) in [6.45, 7) is 1.46. The first-order valence-electron chi connectivity index (χ1n) is 4.84. The van der Waals surface area contributed by atoms with Gasteiger partial charge in [0, 0.05) is 13.1 Å². The molecule has 0 aliphatic carbocycles. The standard InChI is InChI=1S/C9H13NO6/c1-2-16-8(13)6-4-10(9(14)15)3-5(6)7(11)12/h5-6H,2-4H2,1H3,(H,11,12)(H,14,15)/t5-,6-/m0/s1. The van der Waals surface area contributed by atoms with E-state index in [2.05, 4.69) is 0 Å². The number of esters is 1. The second-order valence-corrected chi connectivity index (χ2v) is 3.49. The van der Waals surface area contributed by atoms with E-state index in [1.54, 1.807) is 6.92 Å². The van der Waals surface area contributed by atoms with Gasteiger partial charge in [0.2, 0.25) is 0 Å². The van der Waals surface area contributed by atoms with Crippen molar-refractivity contribution >= 4 is 18.0 Å². The van der Waals surface area contributed by atoms with Gasteiger partial charge in [-0.3, -0.25) is 9.59 Å². The van der Waals surface area contributed by atoms with Crippen molar-refractivity contribution in [3.05, 3.63) is 0 Å². The van der Waals surface area contributed by atoms with Crippen molar-refractivity contribution in [1.82, 2.24) is 4.90 Å². The average Bonchev–Trinajstić information content (AvgIpc) is 2.62. The normalized spacial score (nSPS) is 24.2. The lowest BCUT2D eigenvalue weighted by Crippen LogP contribution is -2.30. The molecule has 0 saturated carbocycles. The molecule has 0 aromatic rings. The highest BCUT2D eigenvalue weighted by Gasteiger charge is 2.44. The van der Waals surface area contributed by atoms with E-state index in [9.17, 15) is 14.4 Å². The minimum Gasteiger partial charge on any atom is -0.481 e. The zero-order valence-corrected chi connectivity index (χ0v) is 8.75. The molecule has 16 heavy (non-hydrogen) atoms. The number of amides is 1. The number of hydrogen-bond acceptors (Lipinski definition) is 4. The van der Waals surface area contributed by atoms with Crippen molar-refractivity contribution in [2.75, 3.05) is 19.7 Å². The molecule has 7 nitrogen and oxygen atoms in total. The van der Waals surface area contributed by atoms with Gasteiger partial charge in [0.15, 0.2) is 0 Å². The third kappa shape index (κ3) is 2.41. The van der Waals surface area contributed by atoms with Gasteiger partial charge < -0.3 is 19.8 Å². The Morgan fingerprint density at radius 2 is 1.81 bits per heavy atom. The maximum Gasteiger partial charge on any atom is 0.407 e. The summed E-state index contributed by atoms with van der Waals surface area (Å²) in [5, 5.41) is 17.6. The molecule has 1 aliphatic heterocycles. The second kappa shape index (κ2) is 4.82. The Morgan fingerprint density at radius 3 is 2.25 bits per heavy atom. The Bertz CT molecular complexity index is 315. The average molecular weight is 231 g/mol. The van der Waals surface area contributed by atoms with Gasteiger partial charge in [-0.25, -0.2) is 4.79 Å². The molecule has 0 radical (unpaired) electrons. The monoisotopic (exact) mass is 231 g/mol. The molecule has 0 bridgehead atoms. The van der Waals surface area contributed by atoms with Crippen LogP contribution in [0.3, 0.4) is 0 Å². The van der Waals surface area contributed by atoms with E-state index in [0.29, 0.717) is 0 Å². The van der Waals surface area contributed by atoms with Crippen molar-refractivity contribution in [1.29, 1.82) is 0 Å². The molecular formula is C9H13NO6. The lowest BCUT2D eigenvalue weighted by Gasteiger charge is -2.12. The van der Waals surface area contributed by atoms with Gasteiger partial charge in [0.05, 0.1) is 18.4 Å². The van der Waals surface area contributed by atoms with Gasteiger partial charge >= 0.3 is 18.0 Å². The Kier molecular flexibility index (Phi) is 3.70. The van der Waals surface area contributed by atoms with Crippen LogP contribution in [0, 0.1) is 11.8 Å². The van der Waals surface area contributed by atoms with Crippen LogP contribution in [-0.2, 0) is 14.3 Å². The van der Waals surface area contributed by atoms with Crippen molar-refractivity contribution in [3.63, 3.8) is 0 Å². The maximum absolute atomic E-state index is 11.4. The quantitative estimate of drug-likeness (QED) is 0.655. The number of likely N-dealkylation sites (tertiary alicyclic amines) is 1. The molecular weight excluding hydrogens is 218 g/mol. The lowest BCUT2D eigenvalue weighted by atomic mass is 9.96. The Balaban J connectivity index is 2.77. The van der Waals surface area contributed by atoms with Gasteiger partial charge in [0.1, 0.15) is 0 Å². The van der Waals surface area contributed by atoms with Crippen molar-refractivity contribution < 1.29 is 29.3 Å². The summed E-state index contributed by atoms with van der Waals surface area (Å²) >= 11 is 0. The molecule has 1 heterocycles. The predicted molar refractivity (Wildman–Crippen MR) is 50.8 cm³/mol. The van der Waals surface area contributed by atoms with Crippen molar-refractivity contribution in [2.45, 2.75) is 6.92 Å². The fraction of sp³-hybridized carbons (Fsp3) is 0.667. The van der Waals surface area contributed by atoms with Crippen LogP contribution >= 0.6 is 0 Å². The van der Waals surface area contributed by atoms with Gasteiger partial charge in [-0.15, -0.1) is 0 Å². The minimum absolute atomic E-state index is 0.120. The molecule has 0 unspecified atom stereocenters. The molecule has 1 amide bonds. The van der Waals surface area contributed by atoms with Crippen LogP contribution in [-0.4, -0.2) is 52.8 Å². The summed E-state index contributed by atoms with van der Waals surface area (Å²) in [6, 6.07) is 0. The summed E-state index contributed by atoms with van der Waals surface area (Å²) in [5.41, 5.74) is 0. The number of carboxylic acid groups (broad SMARTS) is 2. The Hall–Kier alpha value is -1.79. The lowest BCUT2D eigenvalue weighted by molar-refractivity contribution is -0.155. The predicted octanol–water partition coefficient (Wildman–Crippen LogP) is -0.140. The van der Waals surface area contributed by atoms with Crippen LogP contribution in [0.5, 0.6) is 0 Å². The summed E-state index contributed by atoms with van der Waals surface area (Å²) in [7, 11) is 0. The highest BCUT2D eigenvalue weighted by atomic mass is 16.5. The topological polar surface area (TPSA) is 104 Å². The highest BCUT2D eigenvalue weighted by Crippen LogP contribution is 2.25. The van der Waals surface area contributed by atoms with Crippen molar-refractivity contribution in [2.24, 2.45) is 11.8 Å². The number of aliphatic carboxylic acids is 1. The van der Waals surface area contributed by atoms with E-state index in [1.165, 1.54) is 0 Å². The molecule has 0 spiro atoms. The first kappa shape index (κ1) is 12.3. The van der Waals surface area contributed by atoms with Gasteiger partial charge in [-0.05, 0) is 6.92 Å². The number of nitrogens with zero attached hydrogens (tertiary/aromatic N) is 1. The summed E-state index contributed by atoms with van der Waals surface area (Å²) in [5.74, 6) is -3.76. The number of carboxylic acids is 1. The van der Waals surface area contributed by atoms with E-state index in [4.69, 9.17) is 14.9 Å². The largest absolute Gasteiger partial charge is 0.481 e. The van der Waals surface area contributed by atoms with Crippen molar-refractivity contribution in [3.8, 4) is 0 Å². The van der Waals surface area contributed by atoms with E-state index in [1.807, 2.05) is 0 Å². The minimum atomic E-state index is -1.22. The molecule has 0 aromatic carbocycles. The number of carbonyl (C=O) groups excluding carboxylic acids is 1. The molecule has 2 atom stereocenters. The third-order valence-corrected chi connectivity index (χ3v) is 2.50. The van der Waals surface area contributed by atoms with E-state index in [-0.39, 0.29) is 19.7 Å². The van der Waals surface area contributed by atoms with E-state index < -0.39 is 29.9 Å². The third-order valence-electron chi connectivity index (χ3n) is 2.50. The van der Waals surface area contributed by atoms with Crippen LogP contribution in [0.2, 0.25) is 0 Å². The number of ether oxygens (including phenoxy) is 1. The number of rotatable bonds is 3. The van der Waals surface area contributed by atoms with Crippen LogP contribution in [0.1, 0.15) is 6.92 Å². The molecule has 1 aliphatic rings.